The first kappa shape index (κ1) is 16.5. The molecule has 0 aromatic heterocycles. The van der Waals surface area contributed by atoms with Crippen LogP contribution in [0.25, 0.3) is 0 Å². The summed E-state index contributed by atoms with van der Waals surface area (Å²) in [4.78, 5) is 14.8. The van der Waals surface area contributed by atoms with Crippen LogP contribution in [-0.4, -0.2) is 38.1 Å². The number of nitrogens with zero attached hydrogens (tertiary/aromatic N) is 1. The van der Waals surface area contributed by atoms with Crippen molar-refractivity contribution in [2.24, 2.45) is 0 Å². The minimum atomic E-state index is -3.48. The number of amides is 1. The molecule has 0 spiro atoms. The molecular weight excluding hydrogens is 326 g/mol. The van der Waals surface area contributed by atoms with Crippen LogP contribution in [0.15, 0.2) is 53.4 Å². The first-order valence-electron chi connectivity index (χ1n) is 7.68. The molecule has 0 bridgehead atoms. The molecule has 5 nitrogen and oxygen atoms in total. The van der Waals surface area contributed by atoms with Crippen molar-refractivity contribution >= 4 is 15.7 Å². The summed E-state index contributed by atoms with van der Waals surface area (Å²) < 4.78 is 29.7. The van der Waals surface area contributed by atoms with Gasteiger partial charge in [-0.25, -0.2) is 8.42 Å². The van der Waals surface area contributed by atoms with Gasteiger partial charge in [-0.15, -0.1) is 0 Å². The zero-order chi connectivity index (χ0) is 17.3. The van der Waals surface area contributed by atoms with Crippen LogP contribution in [0, 0.1) is 0 Å². The molecular formula is C18H19NO4S. The minimum Gasteiger partial charge on any atom is -0.491 e. The van der Waals surface area contributed by atoms with E-state index < -0.39 is 9.84 Å². The van der Waals surface area contributed by atoms with Gasteiger partial charge in [0.05, 0.1) is 23.0 Å². The summed E-state index contributed by atoms with van der Waals surface area (Å²) in [5, 5.41) is 0. The number of rotatable bonds is 2. The summed E-state index contributed by atoms with van der Waals surface area (Å²) in [7, 11) is -3.48. The van der Waals surface area contributed by atoms with Crippen LogP contribution in [0.2, 0.25) is 0 Å². The van der Waals surface area contributed by atoms with Gasteiger partial charge in [0.2, 0.25) is 0 Å². The molecule has 0 fully saturated rings. The Labute approximate surface area is 141 Å². The van der Waals surface area contributed by atoms with Gasteiger partial charge < -0.3 is 9.64 Å². The topological polar surface area (TPSA) is 63.7 Å². The lowest BCUT2D eigenvalue weighted by molar-refractivity contribution is 0.0641. The van der Waals surface area contributed by atoms with Gasteiger partial charge in [-0.2, -0.15) is 0 Å². The van der Waals surface area contributed by atoms with E-state index in [4.69, 9.17) is 4.74 Å². The van der Waals surface area contributed by atoms with Crippen molar-refractivity contribution in [1.29, 1.82) is 0 Å². The van der Waals surface area contributed by atoms with Gasteiger partial charge in [0.1, 0.15) is 12.4 Å². The van der Waals surface area contributed by atoms with E-state index in [2.05, 4.69) is 0 Å². The van der Waals surface area contributed by atoms with E-state index in [1.807, 2.05) is 31.2 Å². The van der Waals surface area contributed by atoms with Gasteiger partial charge in [-0.3, -0.25) is 4.79 Å². The fourth-order valence-corrected chi connectivity index (χ4v) is 3.69. The summed E-state index contributed by atoms with van der Waals surface area (Å²) in [5.41, 5.74) is 1.11. The molecule has 0 radical (unpaired) electrons. The molecule has 3 rings (SSSR count). The second kappa shape index (κ2) is 6.28. The second-order valence-electron chi connectivity index (χ2n) is 5.97. The standard InChI is InChI=1S/C18H19NO4S/c1-13-12-23-16-9-5-3-7-14(16)11-19(13)18(20)15-8-4-6-10-17(15)24(2,21)22/h3-10,13H,11-12H2,1-2H3/t13-/m1/s1. The third-order valence-electron chi connectivity index (χ3n) is 4.10. The number of carbonyl (C=O) groups is 1. The molecule has 1 aliphatic rings. The van der Waals surface area contributed by atoms with Crippen molar-refractivity contribution in [3.8, 4) is 5.75 Å². The predicted molar refractivity (Wildman–Crippen MR) is 90.8 cm³/mol. The molecule has 1 amide bonds. The van der Waals surface area contributed by atoms with Gasteiger partial charge in [-0.1, -0.05) is 30.3 Å². The highest BCUT2D eigenvalue weighted by Gasteiger charge is 2.29. The van der Waals surface area contributed by atoms with Crippen molar-refractivity contribution in [3.63, 3.8) is 0 Å². The van der Waals surface area contributed by atoms with Gasteiger partial charge in [0.25, 0.3) is 5.91 Å². The Balaban J connectivity index is 2.01. The first-order chi connectivity index (χ1) is 11.4. The fourth-order valence-electron chi connectivity index (χ4n) is 2.81. The number of carbonyl (C=O) groups excluding carboxylic acids is 1. The maximum absolute atomic E-state index is 13.0. The molecule has 1 atom stereocenters. The van der Waals surface area contributed by atoms with Gasteiger partial charge in [0, 0.05) is 11.8 Å². The van der Waals surface area contributed by atoms with E-state index in [0.29, 0.717) is 13.2 Å². The number of ether oxygens (including phenoxy) is 1. The van der Waals surface area contributed by atoms with Crippen LogP contribution in [0.3, 0.4) is 0 Å². The fraction of sp³-hybridized carbons (Fsp3) is 0.278. The highest BCUT2D eigenvalue weighted by atomic mass is 32.2. The lowest BCUT2D eigenvalue weighted by atomic mass is 10.1. The Bertz CT molecular complexity index is 876. The molecule has 24 heavy (non-hydrogen) atoms. The maximum Gasteiger partial charge on any atom is 0.255 e. The van der Waals surface area contributed by atoms with E-state index in [-0.39, 0.29) is 22.4 Å². The van der Waals surface area contributed by atoms with Crippen LogP contribution < -0.4 is 4.74 Å². The van der Waals surface area contributed by atoms with Gasteiger partial charge in [0.15, 0.2) is 9.84 Å². The first-order valence-corrected chi connectivity index (χ1v) is 9.58. The van der Waals surface area contributed by atoms with Crippen LogP contribution in [0.1, 0.15) is 22.8 Å². The van der Waals surface area contributed by atoms with E-state index in [9.17, 15) is 13.2 Å². The summed E-state index contributed by atoms with van der Waals surface area (Å²) in [6.45, 7) is 2.64. The Morgan fingerprint density at radius 2 is 1.79 bits per heavy atom. The van der Waals surface area contributed by atoms with Crippen LogP contribution >= 0.6 is 0 Å². The van der Waals surface area contributed by atoms with E-state index in [1.165, 1.54) is 6.07 Å². The highest BCUT2D eigenvalue weighted by Crippen LogP contribution is 2.27. The maximum atomic E-state index is 13.0. The number of fused-ring (bicyclic) bond motifs is 1. The van der Waals surface area contributed by atoms with Crippen molar-refractivity contribution in [1.82, 2.24) is 4.90 Å². The summed E-state index contributed by atoms with van der Waals surface area (Å²) >= 11 is 0. The van der Waals surface area contributed by atoms with Crippen LogP contribution in [0.4, 0.5) is 0 Å². The number of para-hydroxylation sites is 1. The molecule has 126 valence electrons. The normalized spacial score (nSPS) is 17.6. The lowest BCUT2D eigenvalue weighted by Crippen LogP contribution is -2.40. The number of benzene rings is 2. The van der Waals surface area contributed by atoms with Crippen LogP contribution in [0.5, 0.6) is 5.75 Å². The molecule has 0 saturated heterocycles. The lowest BCUT2D eigenvalue weighted by Gasteiger charge is -2.27. The smallest absolute Gasteiger partial charge is 0.255 e. The Hall–Kier alpha value is -2.34. The van der Waals surface area contributed by atoms with Gasteiger partial charge >= 0.3 is 0 Å². The average molecular weight is 345 g/mol. The number of hydrogen-bond donors (Lipinski definition) is 0. The summed E-state index contributed by atoms with van der Waals surface area (Å²) in [6.07, 6.45) is 1.11. The molecule has 6 heteroatoms. The molecule has 0 saturated carbocycles. The zero-order valence-corrected chi connectivity index (χ0v) is 14.4. The average Bonchev–Trinajstić information content (AvgIpc) is 2.73. The van der Waals surface area contributed by atoms with E-state index >= 15 is 0 Å². The van der Waals surface area contributed by atoms with Crippen molar-refractivity contribution < 1.29 is 17.9 Å². The minimum absolute atomic E-state index is 0.0562. The molecule has 1 aliphatic heterocycles. The van der Waals surface area contributed by atoms with Crippen molar-refractivity contribution in [3.05, 3.63) is 59.7 Å². The SMILES string of the molecule is C[C@@H]1COc2ccccc2CN1C(=O)c1ccccc1S(C)(=O)=O. The van der Waals surface area contributed by atoms with Crippen molar-refractivity contribution in [2.45, 2.75) is 24.4 Å². The molecule has 0 N–H and O–H groups in total. The second-order valence-corrected chi connectivity index (χ2v) is 7.95. The third kappa shape index (κ3) is 3.14. The molecule has 2 aromatic carbocycles. The number of sulfone groups is 1. The Kier molecular flexibility index (Phi) is 4.32. The molecule has 1 heterocycles. The third-order valence-corrected chi connectivity index (χ3v) is 5.26. The summed E-state index contributed by atoms with van der Waals surface area (Å²) in [5.74, 6) is 0.458. The van der Waals surface area contributed by atoms with E-state index in [0.717, 1.165) is 17.6 Å². The van der Waals surface area contributed by atoms with Gasteiger partial charge in [-0.05, 0) is 25.1 Å². The monoisotopic (exact) mass is 345 g/mol. The molecule has 0 unspecified atom stereocenters. The predicted octanol–water partition coefficient (Wildman–Crippen LogP) is 2.51. The summed E-state index contributed by atoms with van der Waals surface area (Å²) in [6, 6.07) is 13.7. The van der Waals surface area contributed by atoms with Crippen molar-refractivity contribution in [2.75, 3.05) is 12.9 Å². The quantitative estimate of drug-likeness (QED) is 0.839. The molecule has 2 aromatic rings. The molecule has 0 aliphatic carbocycles. The highest BCUT2D eigenvalue weighted by molar-refractivity contribution is 7.90. The van der Waals surface area contributed by atoms with E-state index in [1.54, 1.807) is 23.1 Å². The number of hydrogen-bond acceptors (Lipinski definition) is 4. The largest absolute Gasteiger partial charge is 0.491 e. The zero-order valence-electron chi connectivity index (χ0n) is 13.6. The Morgan fingerprint density at radius 1 is 1.12 bits per heavy atom. The Morgan fingerprint density at radius 3 is 2.54 bits per heavy atom. The van der Waals surface area contributed by atoms with Crippen LogP contribution in [-0.2, 0) is 16.4 Å².